The molecule has 6 nitrogen and oxygen atoms in total. The van der Waals surface area contributed by atoms with Crippen LogP contribution in [0.5, 0.6) is 11.5 Å². The lowest BCUT2D eigenvalue weighted by atomic mass is 10.1. The predicted molar refractivity (Wildman–Crippen MR) is 89.6 cm³/mol. The number of hydrogen-bond donors (Lipinski definition) is 1. The highest BCUT2D eigenvalue weighted by Gasteiger charge is 2.34. The normalized spacial score (nSPS) is 23.3. The molecule has 1 saturated heterocycles. The molecule has 2 aliphatic heterocycles. The number of benzene rings is 1. The summed E-state index contributed by atoms with van der Waals surface area (Å²) in [4.78, 5) is 2.17. The molecule has 0 aliphatic carbocycles. The number of aliphatic hydroxyl groups is 1. The summed E-state index contributed by atoms with van der Waals surface area (Å²) in [5.41, 5.74) is 2.24. The fourth-order valence-electron chi connectivity index (χ4n) is 3.42. The minimum Gasteiger partial charge on any atom is -0.493 e. The maximum absolute atomic E-state index is 10.3. The van der Waals surface area contributed by atoms with E-state index in [0.29, 0.717) is 32.0 Å². The van der Waals surface area contributed by atoms with Crippen LogP contribution in [0, 0.1) is 0 Å². The van der Waals surface area contributed by atoms with Crippen LogP contribution in [-0.2, 0) is 20.0 Å². The molecule has 128 valence electrons. The minimum absolute atomic E-state index is 0.262. The molecule has 4 rings (SSSR count). The zero-order chi connectivity index (χ0) is 16.7. The van der Waals surface area contributed by atoms with Crippen molar-refractivity contribution in [3.05, 3.63) is 40.7 Å². The van der Waals surface area contributed by atoms with Crippen LogP contribution in [0.25, 0.3) is 0 Å². The Bertz CT molecular complexity index is 749. The molecular formula is C17H20ClN3O3. The van der Waals surface area contributed by atoms with Gasteiger partial charge in [-0.05, 0) is 17.7 Å². The number of aliphatic hydroxyl groups excluding tert-OH is 1. The van der Waals surface area contributed by atoms with Gasteiger partial charge in [-0.25, -0.2) is 0 Å². The lowest BCUT2D eigenvalue weighted by Crippen LogP contribution is -2.29. The summed E-state index contributed by atoms with van der Waals surface area (Å²) >= 11 is 6.22. The minimum atomic E-state index is -0.529. The molecule has 3 heterocycles. The highest BCUT2D eigenvalue weighted by Crippen LogP contribution is 2.34. The molecule has 1 aromatic carbocycles. The standard InChI is InChI=1S/C17H20ClN3O3/c1-20-8-14(6-19-20)24-16-10-21(9-15(16)22)7-12-5-13(18)4-11-2-3-23-17(11)12/h4-6,8,15-16,22H,2-3,7,9-10H2,1H3/t15-,16-/m1/s1. The SMILES string of the molecule is Cn1cc(O[C@@H]2CN(Cc3cc(Cl)cc4c3OCC4)C[C@H]2O)cn1. The molecule has 0 amide bonds. The molecule has 0 saturated carbocycles. The third-order valence-electron chi connectivity index (χ3n) is 4.50. The third-order valence-corrected chi connectivity index (χ3v) is 4.72. The summed E-state index contributed by atoms with van der Waals surface area (Å²) in [6.07, 6.45) is 3.57. The Kier molecular flexibility index (Phi) is 4.12. The van der Waals surface area contributed by atoms with E-state index in [1.54, 1.807) is 17.1 Å². The molecule has 2 aromatic rings. The second kappa shape index (κ2) is 6.27. The Balaban J connectivity index is 1.45. The van der Waals surface area contributed by atoms with Crippen LogP contribution >= 0.6 is 11.6 Å². The average molecular weight is 350 g/mol. The van der Waals surface area contributed by atoms with Crippen molar-refractivity contribution in [3.63, 3.8) is 0 Å². The molecular weight excluding hydrogens is 330 g/mol. The molecule has 1 fully saturated rings. The van der Waals surface area contributed by atoms with E-state index < -0.39 is 6.10 Å². The Labute approximate surface area is 145 Å². The zero-order valence-electron chi connectivity index (χ0n) is 13.5. The first-order valence-electron chi connectivity index (χ1n) is 8.08. The lowest BCUT2D eigenvalue weighted by Gasteiger charge is -2.18. The molecule has 2 aliphatic rings. The maximum atomic E-state index is 10.3. The lowest BCUT2D eigenvalue weighted by molar-refractivity contribution is 0.0736. The Morgan fingerprint density at radius 2 is 2.29 bits per heavy atom. The van der Waals surface area contributed by atoms with Gasteiger partial charge in [0, 0.05) is 43.7 Å². The van der Waals surface area contributed by atoms with Crippen LogP contribution in [0.2, 0.25) is 5.02 Å². The topological polar surface area (TPSA) is 59.8 Å². The van der Waals surface area contributed by atoms with Gasteiger partial charge in [0.15, 0.2) is 5.75 Å². The number of aromatic nitrogens is 2. The van der Waals surface area contributed by atoms with E-state index >= 15 is 0 Å². The summed E-state index contributed by atoms with van der Waals surface area (Å²) in [6, 6.07) is 3.92. The third kappa shape index (κ3) is 3.09. The first-order valence-corrected chi connectivity index (χ1v) is 8.46. The van der Waals surface area contributed by atoms with Crippen molar-refractivity contribution in [3.8, 4) is 11.5 Å². The highest BCUT2D eigenvalue weighted by atomic mass is 35.5. The van der Waals surface area contributed by atoms with Crippen molar-refractivity contribution in [1.29, 1.82) is 0 Å². The molecule has 7 heteroatoms. The van der Waals surface area contributed by atoms with Gasteiger partial charge in [0.1, 0.15) is 18.0 Å². The fraction of sp³-hybridized carbons (Fsp3) is 0.471. The predicted octanol–water partition coefficient (Wildman–Crippen LogP) is 1.63. The molecule has 0 bridgehead atoms. The monoisotopic (exact) mass is 349 g/mol. The van der Waals surface area contributed by atoms with Crippen molar-refractivity contribution in [2.45, 2.75) is 25.2 Å². The number of rotatable bonds is 4. The summed E-state index contributed by atoms with van der Waals surface area (Å²) in [5, 5.41) is 15.1. The van der Waals surface area contributed by atoms with Crippen LogP contribution < -0.4 is 9.47 Å². The van der Waals surface area contributed by atoms with Gasteiger partial charge in [-0.1, -0.05) is 11.6 Å². The van der Waals surface area contributed by atoms with E-state index in [9.17, 15) is 5.11 Å². The van der Waals surface area contributed by atoms with E-state index in [4.69, 9.17) is 21.1 Å². The van der Waals surface area contributed by atoms with E-state index in [0.717, 1.165) is 22.8 Å². The number of fused-ring (bicyclic) bond motifs is 1. The first-order chi connectivity index (χ1) is 11.6. The fourth-order valence-corrected chi connectivity index (χ4v) is 3.68. The summed E-state index contributed by atoms with van der Waals surface area (Å²) in [6.45, 7) is 2.61. The number of nitrogens with zero attached hydrogens (tertiary/aromatic N) is 3. The van der Waals surface area contributed by atoms with E-state index in [1.165, 1.54) is 5.56 Å². The summed E-state index contributed by atoms with van der Waals surface area (Å²) in [7, 11) is 1.84. The van der Waals surface area contributed by atoms with Crippen molar-refractivity contribution in [2.75, 3.05) is 19.7 Å². The van der Waals surface area contributed by atoms with E-state index in [2.05, 4.69) is 10.00 Å². The number of halogens is 1. The Morgan fingerprint density at radius 3 is 3.08 bits per heavy atom. The molecule has 0 unspecified atom stereocenters. The van der Waals surface area contributed by atoms with Gasteiger partial charge in [0.25, 0.3) is 0 Å². The number of β-amino-alcohol motifs (C(OH)–C–C–N with tert-alkyl or cyclic N) is 1. The average Bonchev–Trinajstić information content (AvgIpc) is 3.21. The molecule has 1 aromatic heterocycles. The van der Waals surface area contributed by atoms with Gasteiger partial charge >= 0.3 is 0 Å². The number of hydrogen-bond acceptors (Lipinski definition) is 5. The van der Waals surface area contributed by atoms with Crippen molar-refractivity contribution >= 4 is 11.6 Å². The zero-order valence-corrected chi connectivity index (χ0v) is 14.2. The molecule has 0 radical (unpaired) electrons. The van der Waals surface area contributed by atoms with Gasteiger partial charge in [-0.2, -0.15) is 5.10 Å². The largest absolute Gasteiger partial charge is 0.493 e. The van der Waals surface area contributed by atoms with Gasteiger partial charge < -0.3 is 14.6 Å². The molecule has 0 spiro atoms. The summed E-state index contributed by atoms with van der Waals surface area (Å²) in [5.74, 6) is 1.63. The first kappa shape index (κ1) is 15.7. The van der Waals surface area contributed by atoms with Crippen LogP contribution in [0.1, 0.15) is 11.1 Å². The maximum Gasteiger partial charge on any atom is 0.157 e. The number of aryl methyl sites for hydroxylation is 1. The second-order valence-corrected chi connectivity index (χ2v) is 6.86. The molecule has 1 N–H and O–H groups in total. The molecule has 24 heavy (non-hydrogen) atoms. The number of likely N-dealkylation sites (tertiary alicyclic amines) is 1. The van der Waals surface area contributed by atoms with Crippen molar-refractivity contribution in [2.24, 2.45) is 7.05 Å². The van der Waals surface area contributed by atoms with Crippen LogP contribution in [0.3, 0.4) is 0 Å². The van der Waals surface area contributed by atoms with Gasteiger partial charge in [-0.3, -0.25) is 9.58 Å². The smallest absolute Gasteiger partial charge is 0.157 e. The highest BCUT2D eigenvalue weighted by molar-refractivity contribution is 6.30. The van der Waals surface area contributed by atoms with Crippen LogP contribution in [0.15, 0.2) is 24.5 Å². The van der Waals surface area contributed by atoms with Gasteiger partial charge in [0.2, 0.25) is 0 Å². The van der Waals surface area contributed by atoms with Gasteiger partial charge in [0.05, 0.1) is 19.0 Å². The van der Waals surface area contributed by atoms with Crippen LogP contribution in [0.4, 0.5) is 0 Å². The van der Waals surface area contributed by atoms with E-state index in [1.807, 2.05) is 19.2 Å². The Hall–Kier alpha value is -1.76. The van der Waals surface area contributed by atoms with Crippen molar-refractivity contribution < 1.29 is 14.6 Å². The van der Waals surface area contributed by atoms with Crippen molar-refractivity contribution in [1.82, 2.24) is 14.7 Å². The van der Waals surface area contributed by atoms with Crippen LogP contribution in [-0.4, -0.2) is 51.7 Å². The van der Waals surface area contributed by atoms with Gasteiger partial charge in [-0.15, -0.1) is 0 Å². The van der Waals surface area contributed by atoms with E-state index in [-0.39, 0.29) is 6.10 Å². The summed E-state index contributed by atoms with van der Waals surface area (Å²) < 4.78 is 13.3. The Morgan fingerprint density at radius 1 is 1.42 bits per heavy atom. The molecule has 2 atom stereocenters. The number of ether oxygens (including phenoxy) is 2. The quantitative estimate of drug-likeness (QED) is 0.909. The second-order valence-electron chi connectivity index (χ2n) is 6.42.